The number of benzene rings is 1. The lowest BCUT2D eigenvalue weighted by Crippen LogP contribution is -2.50. The van der Waals surface area contributed by atoms with Crippen LogP contribution in [0.2, 0.25) is 0 Å². The molecule has 2 rings (SSSR count). The summed E-state index contributed by atoms with van der Waals surface area (Å²) in [7, 11) is 1.63. The fourth-order valence-electron chi connectivity index (χ4n) is 2.57. The summed E-state index contributed by atoms with van der Waals surface area (Å²) in [6.07, 6.45) is 3.87. The lowest BCUT2D eigenvalue weighted by Gasteiger charge is -2.30. The van der Waals surface area contributed by atoms with Gasteiger partial charge in [0, 0.05) is 5.70 Å². The molecule has 0 aliphatic carbocycles. The van der Waals surface area contributed by atoms with Crippen molar-refractivity contribution in [2.24, 2.45) is 5.92 Å². The van der Waals surface area contributed by atoms with Crippen LogP contribution in [0.3, 0.4) is 0 Å². The number of carbonyl (C=O) groups is 1. The van der Waals surface area contributed by atoms with E-state index in [1.165, 1.54) is 0 Å². The number of ether oxygens (including phenoxy) is 2. The van der Waals surface area contributed by atoms with Gasteiger partial charge in [-0.1, -0.05) is 38.1 Å². The summed E-state index contributed by atoms with van der Waals surface area (Å²) < 4.78 is 10.4. The van der Waals surface area contributed by atoms with Crippen LogP contribution in [0, 0.1) is 5.92 Å². The van der Waals surface area contributed by atoms with Crippen LogP contribution in [-0.4, -0.2) is 30.8 Å². The van der Waals surface area contributed by atoms with E-state index in [9.17, 15) is 4.79 Å². The highest BCUT2D eigenvalue weighted by Crippen LogP contribution is 2.22. The summed E-state index contributed by atoms with van der Waals surface area (Å²) in [5.74, 6) is 0.585. The Hall–Kier alpha value is -2.34. The molecule has 0 radical (unpaired) electrons. The minimum absolute atomic E-state index is 0.122. The maximum Gasteiger partial charge on any atom is 0.338 e. The Labute approximate surface area is 154 Å². The van der Waals surface area contributed by atoms with Gasteiger partial charge in [0.2, 0.25) is 0 Å². The molecule has 0 aromatic heterocycles. The van der Waals surface area contributed by atoms with E-state index in [-0.39, 0.29) is 17.9 Å². The molecule has 6 heteroatoms. The molecule has 134 valence electrons. The van der Waals surface area contributed by atoms with E-state index in [2.05, 4.69) is 10.6 Å². The second-order valence-corrected chi connectivity index (χ2v) is 6.32. The maximum absolute atomic E-state index is 12.5. The van der Waals surface area contributed by atoms with Crippen molar-refractivity contribution in [2.45, 2.75) is 26.8 Å². The van der Waals surface area contributed by atoms with Gasteiger partial charge in [-0.25, -0.2) is 4.79 Å². The fourth-order valence-corrected chi connectivity index (χ4v) is 2.81. The van der Waals surface area contributed by atoms with Crippen LogP contribution < -0.4 is 15.4 Å². The normalized spacial score (nSPS) is 17.5. The zero-order valence-electron chi connectivity index (χ0n) is 15.0. The predicted octanol–water partition coefficient (Wildman–Crippen LogP) is 3.03. The number of methoxy groups -OCH3 is 1. The van der Waals surface area contributed by atoms with E-state index in [4.69, 9.17) is 21.7 Å². The Bertz CT molecular complexity index is 693. The first kappa shape index (κ1) is 19.0. The minimum Gasteiger partial charge on any atom is -0.497 e. The number of nitrogens with one attached hydrogen (secondary N) is 2. The van der Waals surface area contributed by atoms with Crippen LogP contribution in [0.15, 0.2) is 41.6 Å². The van der Waals surface area contributed by atoms with Crippen molar-refractivity contribution in [3.05, 3.63) is 47.2 Å². The molecule has 1 aliphatic rings. The SMILES string of the molecule is CCOC(=O)C1=C(C(C)C)NC(=S)NC1/C=C/c1ccc(OC)cc1. The quantitative estimate of drug-likeness (QED) is 0.601. The van der Waals surface area contributed by atoms with Gasteiger partial charge in [-0.05, 0) is 42.8 Å². The first-order chi connectivity index (χ1) is 12.0. The van der Waals surface area contributed by atoms with E-state index >= 15 is 0 Å². The monoisotopic (exact) mass is 360 g/mol. The molecule has 1 aliphatic heterocycles. The summed E-state index contributed by atoms with van der Waals surface area (Å²) in [6.45, 7) is 6.15. The third-order valence-corrected chi connectivity index (χ3v) is 4.03. The van der Waals surface area contributed by atoms with Crippen molar-refractivity contribution in [3.63, 3.8) is 0 Å². The molecule has 0 bridgehead atoms. The van der Waals surface area contributed by atoms with Gasteiger partial charge in [0.15, 0.2) is 5.11 Å². The molecule has 2 N–H and O–H groups in total. The molecule has 5 nitrogen and oxygen atoms in total. The van der Waals surface area contributed by atoms with Crippen molar-refractivity contribution in [2.75, 3.05) is 13.7 Å². The molecule has 0 saturated heterocycles. The number of carbonyl (C=O) groups excluding carboxylic acids is 1. The van der Waals surface area contributed by atoms with Crippen LogP contribution in [0.1, 0.15) is 26.3 Å². The van der Waals surface area contributed by atoms with Gasteiger partial charge < -0.3 is 20.1 Å². The third kappa shape index (κ3) is 4.82. The molecular formula is C19H24N2O3S. The summed E-state index contributed by atoms with van der Waals surface area (Å²) in [5.41, 5.74) is 2.36. The molecule has 0 fully saturated rings. The lowest BCUT2D eigenvalue weighted by molar-refractivity contribution is -0.138. The summed E-state index contributed by atoms with van der Waals surface area (Å²) in [5, 5.41) is 6.73. The van der Waals surface area contributed by atoms with Crippen LogP contribution in [0.4, 0.5) is 0 Å². The van der Waals surface area contributed by atoms with Crippen LogP contribution in [0.25, 0.3) is 6.08 Å². The van der Waals surface area contributed by atoms with Gasteiger partial charge in [-0.3, -0.25) is 0 Å². The molecule has 1 unspecified atom stereocenters. The number of rotatable bonds is 6. The maximum atomic E-state index is 12.5. The van der Waals surface area contributed by atoms with Crippen LogP contribution in [-0.2, 0) is 9.53 Å². The highest BCUT2D eigenvalue weighted by Gasteiger charge is 2.30. The molecule has 1 aromatic rings. The predicted molar refractivity (Wildman–Crippen MR) is 103 cm³/mol. The first-order valence-corrected chi connectivity index (χ1v) is 8.68. The Morgan fingerprint density at radius 2 is 2.00 bits per heavy atom. The lowest BCUT2D eigenvalue weighted by atomic mass is 9.95. The Kier molecular flexibility index (Phi) is 6.58. The fraction of sp³-hybridized carbons (Fsp3) is 0.368. The first-order valence-electron chi connectivity index (χ1n) is 8.27. The number of thiocarbonyl (C=S) groups is 1. The smallest absolute Gasteiger partial charge is 0.338 e. The topological polar surface area (TPSA) is 59.6 Å². The standard InChI is InChI=1S/C19H24N2O3S/c1-5-24-18(22)16-15(20-19(25)21-17(16)12(2)3)11-8-13-6-9-14(23-4)10-7-13/h6-12,15H,5H2,1-4H3,(H2,20,21,25)/b11-8+. The van der Waals surface area contributed by atoms with Crippen molar-refractivity contribution in [1.82, 2.24) is 10.6 Å². The van der Waals surface area contributed by atoms with E-state index in [1.54, 1.807) is 14.0 Å². The Balaban J connectivity index is 2.33. The summed E-state index contributed by atoms with van der Waals surface area (Å²) >= 11 is 5.29. The molecule has 0 saturated carbocycles. The second kappa shape index (κ2) is 8.67. The minimum atomic E-state index is -0.340. The summed E-state index contributed by atoms with van der Waals surface area (Å²) in [6, 6.07) is 7.34. The highest BCUT2D eigenvalue weighted by atomic mass is 32.1. The van der Waals surface area contributed by atoms with E-state index in [0.29, 0.717) is 17.3 Å². The van der Waals surface area contributed by atoms with Crippen molar-refractivity contribution in [1.29, 1.82) is 0 Å². The van der Waals surface area contributed by atoms with E-state index in [0.717, 1.165) is 17.0 Å². The Morgan fingerprint density at radius 1 is 1.32 bits per heavy atom. The Morgan fingerprint density at radius 3 is 2.56 bits per heavy atom. The molecule has 0 amide bonds. The number of hydrogen-bond acceptors (Lipinski definition) is 4. The summed E-state index contributed by atoms with van der Waals surface area (Å²) in [4.78, 5) is 12.5. The highest BCUT2D eigenvalue weighted by molar-refractivity contribution is 7.80. The number of hydrogen-bond donors (Lipinski definition) is 2. The average molecular weight is 360 g/mol. The van der Waals surface area contributed by atoms with Gasteiger partial charge in [-0.2, -0.15) is 0 Å². The zero-order chi connectivity index (χ0) is 18.4. The van der Waals surface area contributed by atoms with Crippen LogP contribution >= 0.6 is 12.2 Å². The van der Waals surface area contributed by atoms with Gasteiger partial charge in [-0.15, -0.1) is 0 Å². The van der Waals surface area contributed by atoms with Crippen molar-refractivity contribution < 1.29 is 14.3 Å². The van der Waals surface area contributed by atoms with Crippen LogP contribution in [0.5, 0.6) is 5.75 Å². The number of allylic oxidation sites excluding steroid dienone is 1. The molecule has 1 aromatic carbocycles. The average Bonchev–Trinajstić information content (AvgIpc) is 2.59. The molecule has 25 heavy (non-hydrogen) atoms. The van der Waals surface area contributed by atoms with Gasteiger partial charge in [0.1, 0.15) is 5.75 Å². The molecular weight excluding hydrogens is 336 g/mol. The van der Waals surface area contributed by atoms with Crippen molar-refractivity contribution in [3.8, 4) is 5.75 Å². The third-order valence-electron chi connectivity index (χ3n) is 3.81. The zero-order valence-corrected chi connectivity index (χ0v) is 15.8. The van der Waals surface area contributed by atoms with Crippen molar-refractivity contribution >= 4 is 29.4 Å². The number of esters is 1. The molecule has 1 atom stereocenters. The second-order valence-electron chi connectivity index (χ2n) is 5.91. The molecule has 1 heterocycles. The largest absolute Gasteiger partial charge is 0.497 e. The van der Waals surface area contributed by atoms with E-state index < -0.39 is 0 Å². The van der Waals surface area contributed by atoms with Gasteiger partial charge in [0.25, 0.3) is 0 Å². The molecule has 0 spiro atoms. The van der Waals surface area contributed by atoms with Gasteiger partial charge >= 0.3 is 5.97 Å². The van der Waals surface area contributed by atoms with E-state index in [1.807, 2.05) is 50.3 Å². The van der Waals surface area contributed by atoms with Gasteiger partial charge in [0.05, 0.1) is 25.3 Å².